The van der Waals surface area contributed by atoms with E-state index >= 15 is 0 Å². The fraction of sp³-hybridized carbons (Fsp3) is 0.500. The minimum atomic E-state index is -1.57. The van der Waals surface area contributed by atoms with E-state index in [9.17, 15) is 53.4 Å². The molecule has 0 unspecified atom stereocenters. The number of nitrogens with one attached hydrogen (secondary N) is 6. The molecule has 0 bridgehead atoms. The van der Waals surface area contributed by atoms with Crippen LogP contribution in [0.2, 0.25) is 0 Å². The van der Waals surface area contributed by atoms with E-state index in [1.165, 1.54) is 43.0 Å². The maximum absolute atomic E-state index is 12.9. The normalized spacial score (nSPS) is 13.5. The second-order valence-corrected chi connectivity index (χ2v) is 12.2. The molecule has 0 radical (unpaired) electrons. The van der Waals surface area contributed by atoms with Crippen LogP contribution in [-0.2, 0) is 49.6 Å². The Morgan fingerprint density at radius 2 is 1.24 bits per heavy atom. The Balaban J connectivity index is 2.87. The van der Waals surface area contributed by atoms with E-state index in [-0.39, 0.29) is 18.6 Å². The van der Waals surface area contributed by atoms with Crippen LogP contribution in [0.15, 0.2) is 24.3 Å². The van der Waals surface area contributed by atoms with Crippen LogP contribution in [0.3, 0.4) is 0 Å². The van der Waals surface area contributed by atoms with E-state index in [1.807, 2.05) is 0 Å². The molecule has 13 N–H and O–H groups in total. The zero-order chi connectivity index (χ0) is 38.7. The van der Waals surface area contributed by atoms with Gasteiger partial charge in [-0.3, -0.25) is 38.4 Å². The van der Waals surface area contributed by atoms with Crippen molar-refractivity contribution in [3.63, 3.8) is 0 Å². The molecule has 1 aromatic rings. The van der Waals surface area contributed by atoms with Crippen LogP contribution in [0.5, 0.6) is 5.75 Å². The molecule has 1 rings (SSSR count). The third kappa shape index (κ3) is 17.7. The third-order valence-electron chi connectivity index (χ3n) is 6.85. The van der Waals surface area contributed by atoms with Gasteiger partial charge < -0.3 is 58.7 Å². The van der Waals surface area contributed by atoms with Crippen LogP contribution in [0.1, 0.15) is 38.2 Å². The molecule has 5 atom stereocenters. The summed E-state index contributed by atoms with van der Waals surface area (Å²) < 4.78 is 0. The van der Waals surface area contributed by atoms with Crippen molar-refractivity contribution in [2.75, 3.05) is 25.1 Å². The summed E-state index contributed by atoms with van der Waals surface area (Å²) in [5, 5.41) is 41.6. The number of amides is 7. The fourth-order valence-corrected chi connectivity index (χ4v) is 4.64. The highest BCUT2D eigenvalue weighted by Crippen LogP contribution is 2.11. The number of carbonyl (C=O) groups excluding carboxylic acids is 7. The van der Waals surface area contributed by atoms with E-state index in [2.05, 4.69) is 31.9 Å². The number of carboxylic acids is 2. The standard InChI is InChI=1S/C30H44N8O12S/c1-15(31)26(45)37-19(9-10-51-2)29(48)38-20(12-22(32)40)28(47)34-13-23(41)35-18(7-8-25(43)44)27(46)33-14-24(42)36-21(30(49)50)11-16-3-5-17(39)6-4-16/h3-6,15,18-21,39H,7-14,31H2,1-2H3,(H2,32,40)(H,33,46)(H,34,47)(H,35,41)(H,36,42)(H,37,45)(H,38,48)(H,43,44)(H,49,50)/t15-,18-,19-,20-,21-/m0/s1. The van der Waals surface area contributed by atoms with Gasteiger partial charge in [-0.25, -0.2) is 4.79 Å². The quantitative estimate of drug-likeness (QED) is 0.0510. The largest absolute Gasteiger partial charge is 0.508 e. The van der Waals surface area contributed by atoms with E-state index in [4.69, 9.17) is 16.6 Å². The van der Waals surface area contributed by atoms with Gasteiger partial charge >= 0.3 is 11.9 Å². The Morgan fingerprint density at radius 3 is 1.73 bits per heavy atom. The number of aliphatic carboxylic acids is 2. The van der Waals surface area contributed by atoms with Crippen LogP contribution in [-0.4, -0.2) is 124 Å². The van der Waals surface area contributed by atoms with E-state index < -0.39 is 116 Å². The monoisotopic (exact) mass is 740 g/mol. The van der Waals surface area contributed by atoms with Crippen LogP contribution in [0.4, 0.5) is 0 Å². The summed E-state index contributed by atoms with van der Waals surface area (Å²) in [7, 11) is 0. The smallest absolute Gasteiger partial charge is 0.326 e. The number of hydrogen-bond acceptors (Lipinski definition) is 12. The number of hydrogen-bond donors (Lipinski definition) is 11. The average Bonchev–Trinajstić information content (AvgIpc) is 3.05. The number of carboxylic acid groups (broad SMARTS) is 2. The molecule has 0 aliphatic carbocycles. The van der Waals surface area contributed by atoms with E-state index in [0.717, 1.165) is 0 Å². The first-order valence-electron chi connectivity index (χ1n) is 15.4. The van der Waals surface area contributed by atoms with Crippen molar-refractivity contribution >= 4 is 65.1 Å². The van der Waals surface area contributed by atoms with Gasteiger partial charge in [0, 0.05) is 12.8 Å². The minimum absolute atomic E-state index is 0.0443. The molecule has 0 aliphatic rings. The van der Waals surface area contributed by atoms with Crippen molar-refractivity contribution in [1.82, 2.24) is 31.9 Å². The summed E-state index contributed by atoms with van der Waals surface area (Å²) in [5.74, 6) is -8.68. The molecule has 21 heteroatoms. The fourth-order valence-electron chi connectivity index (χ4n) is 4.17. The number of benzene rings is 1. The second kappa shape index (κ2) is 22.3. The van der Waals surface area contributed by atoms with Gasteiger partial charge in [-0.1, -0.05) is 12.1 Å². The Bertz CT molecular complexity index is 1430. The van der Waals surface area contributed by atoms with Crippen molar-refractivity contribution in [3.05, 3.63) is 29.8 Å². The second-order valence-electron chi connectivity index (χ2n) is 11.2. The van der Waals surface area contributed by atoms with Crippen molar-refractivity contribution in [2.24, 2.45) is 11.5 Å². The van der Waals surface area contributed by atoms with Crippen molar-refractivity contribution in [2.45, 2.75) is 69.2 Å². The van der Waals surface area contributed by atoms with Gasteiger partial charge in [0.25, 0.3) is 0 Å². The lowest BCUT2D eigenvalue weighted by molar-refractivity contribution is -0.141. The van der Waals surface area contributed by atoms with E-state index in [0.29, 0.717) is 11.3 Å². The van der Waals surface area contributed by atoms with Crippen molar-refractivity contribution < 1.29 is 58.5 Å². The summed E-state index contributed by atoms with van der Waals surface area (Å²) in [6, 6.07) is -0.958. The molecule has 0 aliphatic heterocycles. The lowest BCUT2D eigenvalue weighted by atomic mass is 10.1. The molecule has 282 valence electrons. The molecular weight excluding hydrogens is 696 g/mol. The minimum Gasteiger partial charge on any atom is -0.508 e. The molecule has 0 spiro atoms. The van der Waals surface area contributed by atoms with Gasteiger partial charge in [0.1, 0.15) is 29.9 Å². The van der Waals surface area contributed by atoms with Gasteiger partial charge in [-0.15, -0.1) is 0 Å². The number of carbonyl (C=O) groups is 9. The summed E-state index contributed by atoms with van der Waals surface area (Å²) >= 11 is 1.38. The topological polar surface area (TPSA) is 339 Å². The van der Waals surface area contributed by atoms with Gasteiger partial charge in [0.05, 0.1) is 25.6 Å². The highest BCUT2D eigenvalue weighted by Gasteiger charge is 2.29. The number of thioether (sulfide) groups is 1. The first kappa shape index (κ1) is 43.6. The van der Waals surface area contributed by atoms with Gasteiger partial charge in [0.2, 0.25) is 41.4 Å². The number of primary amides is 1. The first-order valence-corrected chi connectivity index (χ1v) is 16.8. The molecule has 51 heavy (non-hydrogen) atoms. The number of phenols is 1. The van der Waals surface area contributed by atoms with Crippen LogP contribution in [0, 0.1) is 0 Å². The first-order chi connectivity index (χ1) is 23.9. The Morgan fingerprint density at radius 1 is 0.725 bits per heavy atom. The molecular formula is C30H44N8O12S. The SMILES string of the molecule is CSCC[C@H](NC(=O)[C@H](C)N)C(=O)N[C@@H](CC(N)=O)C(=O)NCC(=O)N[C@@H](CCC(=O)O)C(=O)NCC(=O)N[C@@H](Cc1ccc(O)cc1)C(=O)O. The molecule has 1 aromatic carbocycles. The Hall–Kier alpha value is -5.44. The van der Waals surface area contributed by atoms with Gasteiger partial charge in [-0.05, 0) is 49.5 Å². The van der Waals surface area contributed by atoms with Gasteiger partial charge in [-0.2, -0.15) is 11.8 Å². The highest BCUT2D eigenvalue weighted by molar-refractivity contribution is 7.98. The zero-order valence-corrected chi connectivity index (χ0v) is 28.7. The predicted octanol–water partition coefficient (Wildman–Crippen LogP) is -3.97. The molecule has 20 nitrogen and oxygen atoms in total. The number of aromatic hydroxyl groups is 1. The molecule has 0 fully saturated rings. The molecule has 0 saturated heterocycles. The maximum atomic E-state index is 12.9. The van der Waals surface area contributed by atoms with E-state index in [1.54, 1.807) is 6.26 Å². The highest BCUT2D eigenvalue weighted by atomic mass is 32.2. The number of rotatable bonds is 23. The van der Waals surface area contributed by atoms with Gasteiger partial charge in [0.15, 0.2) is 0 Å². The Kier molecular flexibility index (Phi) is 19.1. The molecule has 0 saturated carbocycles. The summed E-state index contributed by atoms with van der Waals surface area (Å²) in [6.07, 6.45) is 0.0629. The number of phenolic OH excluding ortho intramolecular Hbond substituents is 1. The Labute approximate surface area is 296 Å². The number of nitrogens with two attached hydrogens (primary N) is 2. The molecule has 0 aromatic heterocycles. The summed E-state index contributed by atoms with van der Waals surface area (Å²) in [4.78, 5) is 110. The third-order valence-corrected chi connectivity index (χ3v) is 7.49. The predicted molar refractivity (Wildman–Crippen MR) is 181 cm³/mol. The van der Waals surface area contributed by atoms with Crippen LogP contribution in [0.25, 0.3) is 0 Å². The maximum Gasteiger partial charge on any atom is 0.326 e. The van der Waals surface area contributed by atoms with Crippen molar-refractivity contribution in [3.8, 4) is 5.75 Å². The summed E-state index contributed by atoms with van der Waals surface area (Å²) in [5.41, 5.74) is 11.3. The average molecular weight is 741 g/mol. The van der Waals surface area contributed by atoms with Crippen LogP contribution < -0.4 is 43.4 Å². The molecule has 0 heterocycles. The van der Waals surface area contributed by atoms with Crippen LogP contribution >= 0.6 is 11.8 Å². The zero-order valence-electron chi connectivity index (χ0n) is 27.9. The van der Waals surface area contributed by atoms with Crippen molar-refractivity contribution in [1.29, 1.82) is 0 Å². The lowest BCUT2D eigenvalue weighted by Crippen LogP contribution is -2.57. The summed E-state index contributed by atoms with van der Waals surface area (Å²) in [6.45, 7) is -0.152. The molecule has 7 amide bonds. The lowest BCUT2D eigenvalue weighted by Gasteiger charge is -2.23.